The summed E-state index contributed by atoms with van der Waals surface area (Å²) in [6.45, 7) is 3.61. The van der Waals surface area contributed by atoms with Gasteiger partial charge in [-0.1, -0.05) is 23.7 Å². The molecule has 1 aromatic carbocycles. The average molecular weight is 229 g/mol. The molecule has 0 aromatic heterocycles. The van der Waals surface area contributed by atoms with Crippen molar-refractivity contribution in [1.82, 2.24) is 5.43 Å². The van der Waals surface area contributed by atoms with E-state index in [2.05, 4.69) is 12.0 Å². The molecule has 0 amide bonds. The summed E-state index contributed by atoms with van der Waals surface area (Å²) < 4.78 is 13.4. The molecule has 0 spiro atoms. The lowest BCUT2D eigenvalue weighted by Gasteiger charge is -2.15. The topological polar surface area (TPSA) is 38.0 Å². The highest BCUT2D eigenvalue weighted by molar-refractivity contribution is 6.31. The minimum Gasteiger partial charge on any atom is -0.271 e. The second-order valence-electron chi connectivity index (χ2n) is 3.29. The van der Waals surface area contributed by atoms with Gasteiger partial charge in [-0.3, -0.25) is 11.3 Å². The summed E-state index contributed by atoms with van der Waals surface area (Å²) in [5.41, 5.74) is 3.10. The van der Waals surface area contributed by atoms with Crippen molar-refractivity contribution in [1.29, 1.82) is 0 Å². The summed E-state index contributed by atoms with van der Waals surface area (Å²) in [7, 11) is 0. The Hall–Kier alpha value is -0.900. The van der Waals surface area contributed by atoms with Gasteiger partial charge in [0.2, 0.25) is 0 Å². The summed E-state index contributed by atoms with van der Waals surface area (Å²) in [5.74, 6) is 5.04. The van der Waals surface area contributed by atoms with Crippen molar-refractivity contribution in [2.75, 3.05) is 0 Å². The fourth-order valence-corrected chi connectivity index (χ4v) is 1.63. The largest absolute Gasteiger partial charge is 0.271 e. The van der Waals surface area contributed by atoms with E-state index < -0.39 is 0 Å². The van der Waals surface area contributed by atoms with Gasteiger partial charge in [0, 0.05) is 16.6 Å². The second kappa shape index (κ2) is 5.85. The molecule has 0 aliphatic heterocycles. The molecule has 0 radical (unpaired) electrons. The third-order valence-corrected chi connectivity index (χ3v) is 2.55. The Kier molecular flexibility index (Phi) is 4.75. The van der Waals surface area contributed by atoms with E-state index >= 15 is 0 Å². The third kappa shape index (κ3) is 3.30. The zero-order valence-electron chi connectivity index (χ0n) is 8.34. The van der Waals surface area contributed by atoms with Gasteiger partial charge in [-0.05, 0) is 25.0 Å². The Morgan fingerprint density at radius 1 is 1.60 bits per heavy atom. The van der Waals surface area contributed by atoms with Crippen molar-refractivity contribution in [3.63, 3.8) is 0 Å². The number of hydrazine groups is 1. The van der Waals surface area contributed by atoms with E-state index in [0.29, 0.717) is 23.4 Å². The van der Waals surface area contributed by atoms with Gasteiger partial charge in [-0.15, -0.1) is 6.58 Å². The molecule has 1 unspecified atom stereocenters. The highest BCUT2D eigenvalue weighted by Crippen LogP contribution is 2.20. The molecule has 0 aliphatic rings. The summed E-state index contributed by atoms with van der Waals surface area (Å²) in [4.78, 5) is 0. The van der Waals surface area contributed by atoms with Crippen LogP contribution in [-0.4, -0.2) is 6.04 Å². The first kappa shape index (κ1) is 12.2. The van der Waals surface area contributed by atoms with Gasteiger partial charge < -0.3 is 0 Å². The lowest BCUT2D eigenvalue weighted by atomic mass is 10.0. The van der Waals surface area contributed by atoms with Gasteiger partial charge in [0.25, 0.3) is 0 Å². The van der Waals surface area contributed by atoms with E-state index in [1.54, 1.807) is 18.2 Å². The molecule has 1 rings (SSSR count). The standard InChI is InChI=1S/C11H14ClFN2/c1-2-4-8(15-14)7-9-10(12)5-3-6-11(9)13/h2-3,5-6,8,15H,1,4,7,14H2. The molecular formula is C11H14ClFN2. The summed E-state index contributed by atoms with van der Waals surface area (Å²) in [5, 5.41) is 0.430. The SMILES string of the molecule is C=CCC(Cc1c(F)cccc1Cl)NN. The van der Waals surface area contributed by atoms with Crippen LogP contribution in [0, 0.1) is 5.82 Å². The fourth-order valence-electron chi connectivity index (χ4n) is 1.39. The third-order valence-electron chi connectivity index (χ3n) is 2.20. The summed E-state index contributed by atoms with van der Waals surface area (Å²) >= 11 is 5.90. The lowest BCUT2D eigenvalue weighted by Crippen LogP contribution is -2.36. The molecule has 0 saturated heterocycles. The number of hydrogen-bond acceptors (Lipinski definition) is 2. The van der Waals surface area contributed by atoms with Crippen LogP contribution in [0.4, 0.5) is 4.39 Å². The molecule has 4 heteroatoms. The fraction of sp³-hybridized carbons (Fsp3) is 0.273. The van der Waals surface area contributed by atoms with E-state index in [4.69, 9.17) is 17.4 Å². The second-order valence-corrected chi connectivity index (χ2v) is 3.70. The highest BCUT2D eigenvalue weighted by Gasteiger charge is 2.12. The van der Waals surface area contributed by atoms with Crippen LogP contribution in [0.3, 0.4) is 0 Å². The van der Waals surface area contributed by atoms with Crippen molar-refractivity contribution in [3.8, 4) is 0 Å². The van der Waals surface area contributed by atoms with Crippen LogP contribution in [0.15, 0.2) is 30.9 Å². The number of nitrogens with one attached hydrogen (secondary N) is 1. The average Bonchev–Trinajstić information content (AvgIpc) is 2.22. The zero-order valence-corrected chi connectivity index (χ0v) is 9.10. The van der Waals surface area contributed by atoms with Gasteiger partial charge in [0.15, 0.2) is 0 Å². The minimum atomic E-state index is -0.299. The summed E-state index contributed by atoms with van der Waals surface area (Å²) in [6, 6.07) is 4.60. The zero-order chi connectivity index (χ0) is 11.3. The maximum absolute atomic E-state index is 13.4. The predicted molar refractivity (Wildman–Crippen MR) is 61.0 cm³/mol. The van der Waals surface area contributed by atoms with Crippen molar-refractivity contribution in [2.24, 2.45) is 5.84 Å². The number of nitrogens with two attached hydrogens (primary N) is 1. The maximum Gasteiger partial charge on any atom is 0.127 e. The van der Waals surface area contributed by atoms with Crippen molar-refractivity contribution in [3.05, 3.63) is 47.3 Å². The number of halogens is 2. The van der Waals surface area contributed by atoms with Gasteiger partial charge in [-0.2, -0.15) is 0 Å². The van der Waals surface area contributed by atoms with Crippen LogP contribution in [0.2, 0.25) is 5.02 Å². The van der Waals surface area contributed by atoms with Crippen molar-refractivity contribution < 1.29 is 4.39 Å². The molecule has 1 atom stereocenters. The van der Waals surface area contributed by atoms with E-state index in [9.17, 15) is 4.39 Å². The van der Waals surface area contributed by atoms with Crippen LogP contribution in [0.5, 0.6) is 0 Å². The van der Waals surface area contributed by atoms with Gasteiger partial charge in [-0.25, -0.2) is 4.39 Å². The van der Waals surface area contributed by atoms with Crippen LogP contribution in [0.25, 0.3) is 0 Å². The predicted octanol–water partition coefficient (Wildman–Crippen LogP) is 2.43. The molecular weight excluding hydrogens is 215 g/mol. The molecule has 0 saturated carbocycles. The van der Waals surface area contributed by atoms with E-state index in [0.717, 1.165) is 0 Å². The first-order chi connectivity index (χ1) is 7.19. The normalized spacial score (nSPS) is 12.5. The van der Waals surface area contributed by atoms with Crippen molar-refractivity contribution in [2.45, 2.75) is 18.9 Å². The molecule has 82 valence electrons. The molecule has 0 aliphatic carbocycles. The Bertz CT molecular complexity index is 321. The van der Waals surface area contributed by atoms with Gasteiger partial charge in [0.1, 0.15) is 5.82 Å². The molecule has 0 fully saturated rings. The Morgan fingerprint density at radius 3 is 2.87 bits per heavy atom. The summed E-state index contributed by atoms with van der Waals surface area (Å²) in [6.07, 6.45) is 2.86. The molecule has 15 heavy (non-hydrogen) atoms. The van der Waals surface area contributed by atoms with Crippen LogP contribution < -0.4 is 11.3 Å². The van der Waals surface area contributed by atoms with Crippen molar-refractivity contribution >= 4 is 11.6 Å². The first-order valence-corrected chi connectivity index (χ1v) is 5.06. The minimum absolute atomic E-state index is 0.0445. The van der Waals surface area contributed by atoms with E-state index in [-0.39, 0.29) is 11.9 Å². The molecule has 2 nitrogen and oxygen atoms in total. The molecule has 0 heterocycles. The maximum atomic E-state index is 13.4. The first-order valence-electron chi connectivity index (χ1n) is 4.69. The van der Waals surface area contributed by atoms with E-state index in [1.165, 1.54) is 6.07 Å². The number of rotatable bonds is 5. The van der Waals surface area contributed by atoms with Crippen LogP contribution in [0.1, 0.15) is 12.0 Å². The van der Waals surface area contributed by atoms with Crippen LogP contribution >= 0.6 is 11.6 Å². The number of benzene rings is 1. The van der Waals surface area contributed by atoms with Crippen LogP contribution in [-0.2, 0) is 6.42 Å². The van der Waals surface area contributed by atoms with E-state index in [1.807, 2.05) is 0 Å². The highest BCUT2D eigenvalue weighted by atomic mass is 35.5. The Morgan fingerprint density at radius 2 is 2.33 bits per heavy atom. The molecule has 3 N–H and O–H groups in total. The Labute approximate surface area is 93.9 Å². The van der Waals surface area contributed by atoms with Gasteiger partial charge >= 0.3 is 0 Å². The molecule has 0 bridgehead atoms. The quantitative estimate of drug-likeness (QED) is 0.462. The number of hydrogen-bond donors (Lipinski definition) is 2. The monoisotopic (exact) mass is 228 g/mol. The molecule has 1 aromatic rings. The Balaban J connectivity index is 2.82. The smallest absolute Gasteiger partial charge is 0.127 e. The lowest BCUT2D eigenvalue weighted by molar-refractivity contribution is 0.513. The van der Waals surface area contributed by atoms with Gasteiger partial charge in [0.05, 0.1) is 0 Å².